The summed E-state index contributed by atoms with van der Waals surface area (Å²) in [5.41, 5.74) is 4.24. The van der Waals surface area contributed by atoms with Crippen molar-refractivity contribution in [3.05, 3.63) is 48.0 Å². The number of ether oxygens (including phenoxy) is 1. The fraction of sp³-hybridized carbons (Fsp3) is 0.412. The van der Waals surface area contributed by atoms with Crippen LogP contribution in [0, 0.1) is 0 Å². The number of hydrogen-bond acceptors (Lipinski definition) is 3. The average Bonchev–Trinajstić information content (AvgIpc) is 2.50. The van der Waals surface area contributed by atoms with Crippen LogP contribution in [-0.2, 0) is 11.2 Å². The van der Waals surface area contributed by atoms with Gasteiger partial charge >= 0.3 is 0 Å². The molecular formula is C17H24N2O. The van der Waals surface area contributed by atoms with Crippen molar-refractivity contribution in [3.63, 3.8) is 0 Å². The van der Waals surface area contributed by atoms with E-state index in [1.807, 2.05) is 6.92 Å². The second-order valence-corrected chi connectivity index (χ2v) is 5.02. The van der Waals surface area contributed by atoms with Crippen LogP contribution < -0.4 is 11.3 Å². The molecule has 0 aliphatic heterocycles. The summed E-state index contributed by atoms with van der Waals surface area (Å²) in [6, 6.07) is 15.0. The Hall–Kier alpha value is -1.42. The third-order valence-electron chi connectivity index (χ3n) is 3.77. The zero-order valence-corrected chi connectivity index (χ0v) is 12.3. The van der Waals surface area contributed by atoms with E-state index < -0.39 is 0 Å². The summed E-state index contributed by atoms with van der Waals surface area (Å²) in [7, 11) is 0. The molecule has 0 radical (unpaired) electrons. The Morgan fingerprint density at radius 2 is 1.85 bits per heavy atom. The van der Waals surface area contributed by atoms with Gasteiger partial charge in [0, 0.05) is 6.61 Å². The first-order chi connectivity index (χ1) is 9.80. The standard InChI is InChI=1S/C17H24N2O/c1-3-17(20-4-2)16(19-18)12-14-10-7-9-13-8-5-6-11-15(13)14/h5-11,16-17,19H,3-4,12,18H2,1-2H3. The van der Waals surface area contributed by atoms with Crippen LogP contribution in [0.2, 0.25) is 0 Å². The molecule has 0 aromatic heterocycles. The third-order valence-corrected chi connectivity index (χ3v) is 3.77. The normalized spacial score (nSPS) is 14.3. The summed E-state index contributed by atoms with van der Waals surface area (Å²) < 4.78 is 5.79. The Kier molecular flexibility index (Phi) is 5.53. The number of hydrazine groups is 1. The maximum atomic E-state index is 5.79. The summed E-state index contributed by atoms with van der Waals surface area (Å²) in [6.07, 6.45) is 1.97. The SMILES string of the molecule is CCOC(CC)C(Cc1cccc2ccccc12)NN. The van der Waals surface area contributed by atoms with Gasteiger partial charge < -0.3 is 4.74 Å². The molecule has 0 aliphatic carbocycles. The lowest BCUT2D eigenvalue weighted by atomic mass is 9.95. The van der Waals surface area contributed by atoms with Crippen LogP contribution in [0.4, 0.5) is 0 Å². The Bertz CT molecular complexity index is 536. The first-order valence-electron chi connectivity index (χ1n) is 7.34. The quantitative estimate of drug-likeness (QED) is 0.601. The van der Waals surface area contributed by atoms with Gasteiger partial charge in [0.1, 0.15) is 0 Å². The molecule has 0 fully saturated rings. The van der Waals surface area contributed by atoms with Crippen molar-refractivity contribution >= 4 is 10.8 Å². The monoisotopic (exact) mass is 272 g/mol. The zero-order chi connectivity index (χ0) is 14.4. The van der Waals surface area contributed by atoms with Gasteiger partial charge in [-0.15, -0.1) is 0 Å². The second-order valence-electron chi connectivity index (χ2n) is 5.02. The van der Waals surface area contributed by atoms with Gasteiger partial charge in [0.2, 0.25) is 0 Å². The first-order valence-corrected chi connectivity index (χ1v) is 7.34. The van der Waals surface area contributed by atoms with E-state index in [4.69, 9.17) is 10.6 Å². The topological polar surface area (TPSA) is 47.3 Å². The van der Waals surface area contributed by atoms with Crippen LogP contribution in [0.5, 0.6) is 0 Å². The van der Waals surface area contributed by atoms with E-state index >= 15 is 0 Å². The molecule has 3 nitrogen and oxygen atoms in total. The summed E-state index contributed by atoms with van der Waals surface area (Å²) in [5, 5.41) is 2.56. The van der Waals surface area contributed by atoms with Crippen molar-refractivity contribution in [3.8, 4) is 0 Å². The molecule has 0 heterocycles. The van der Waals surface area contributed by atoms with Crippen LogP contribution in [0.3, 0.4) is 0 Å². The highest BCUT2D eigenvalue weighted by molar-refractivity contribution is 5.85. The van der Waals surface area contributed by atoms with E-state index in [1.165, 1.54) is 16.3 Å². The van der Waals surface area contributed by atoms with E-state index in [1.54, 1.807) is 0 Å². The fourth-order valence-electron chi connectivity index (χ4n) is 2.74. The van der Waals surface area contributed by atoms with Crippen LogP contribution in [0.25, 0.3) is 10.8 Å². The van der Waals surface area contributed by atoms with Crippen molar-refractivity contribution in [2.45, 2.75) is 38.8 Å². The molecule has 0 saturated carbocycles. The molecule has 2 unspecified atom stereocenters. The predicted molar refractivity (Wildman–Crippen MR) is 84.5 cm³/mol. The smallest absolute Gasteiger partial charge is 0.0741 e. The van der Waals surface area contributed by atoms with E-state index in [0.29, 0.717) is 6.61 Å². The number of benzene rings is 2. The molecule has 0 amide bonds. The number of nitrogens with two attached hydrogens (primary N) is 1. The van der Waals surface area contributed by atoms with Gasteiger partial charge in [-0.2, -0.15) is 0 Å². The molecule has 0 saturated heterocycles. The minimum absolute atomic E-state index is 0.130. The van der Waals surface area contributed by atoms with Crippen molar-refractivity contribution in [1.29, 1.82) is 0 Å². The second kappa shape index (κ2) is 7.39. The Balaban J connectivity index is 2.25. The van der Waals surface area contributed by atoms with Crippen LogP contribution in [0.1, 0.15) is 25.8 Å². The van der Waals surface area contributed by atoms with Gasteiger partial charge in [-0.25, -0.2) is 0 Å². The molecule has 0 aliphatic rings. The first kappa shape index (κ1) is 15.0. The van der Waals surface area contributed by atoms with Gasteiger partial charge in [-0.3, -0.25) is 11.3 Å². The van der Waals surface area contributed by atoms with Gasteiger partial charge in [0.25, 0.3) is 0 Å². The van der Waals surface area contributed by atoms with Crippen molar-refractivity contribution < 1.29 is 4.74 Å². The lowest BCUT2D eigenvalue weighted by Gasteiger charge is -2.26. The van der Waals surface area contributed by atoms with Crippen molar-refractivity contribution in [2.24, 2.45) is 5.84 Å². The Morgan fingerprint density at radius 3 is 2.55 bits per heavy atom. The van der Waals surface area contributed by atoms with Gasteiger partial charge in [0.15, 0.2) is 0 Å². The summed E-state index contributed by atoms with van der Waals surface area (Å²) in [4.78, 5) is 0. The van der Waals surface area contributed by atoms with Crippen molar-refractivity contribution in [2.75, 3.05) is 6.61 Å². The summed E-state index contributed by atoms with van der Waals surface area (Å²) in [5.74, 6) is 5.74. The van der Waals surface area contributed by atoms with Crippen molar-refractivity contribution in [1.82, 2.24) is 5.43 Å². The van der Waals surface area contributed by atoms with Crippen LogP contribution >= 0.6 is 0 Å². The number of nitrogens with one attached hydrogen (secondary N) is 1. The Morgan fingerprint density at radius 1 is 1.10 bits per heavy atom. The molecule has 3 heteroatoms. The third kappa shape index (κ3) is 3.37. The van der Waals surface area contributed by atoms with E-state index in [0.717, 1.165) is 12.8 Å². The highest BCUT2D eigenvalue weighted by Gasteiger charge is 2.20. The molecule has 0 spiro atoms. The number of hydrogen-bond donors (Lipinski definition) is 2. The maximum Gasteiger partial charge on any atom is 0.0741 e. The molecule has 20 heavy (non-hydrogen) atoms. The molecule has 0 bridgehead atoms. The van der Waals surface area contributed by atoms with Crippen LogP contribution in [0.15, 0.2) is 42.5 Å². The molecule has 2 aromatic carbocycles. The average molecular weight is 272 g/mol. The van der Waals surface area contributed by atoms with E-state index in [2.05, 4.69) is 54.8 Å². The molecule has 2 atom stereocenters. The Labute approximate surface area is 121 Å². The highest BCUT2D eigenvalue weighted by Crippen LogP contribution is 2.21. The summed E-state index contributed by atoms with van der Waals surface area (Å²) >= 11 is 0. The molecule has 3 N–H and O–H groups in total. The lowest BCUT2D eigenvalue weighted by Crippen LogP contribution is -2.46. The van der Waals surface area contributed by atoms with Gasteiger partial charge in [0.05, 0.1) is 12.1 Å². The van der Waals surface area contributed by atoms with E-state index in [-0.39, 0.29) is 12.1 Å². The lowest BCUT2D eigenvalue weighted by molar-refractivity contribution is 0.0320. The number of rotatable bonds is 7. The molecule has 2 aromatic rings. The minimum atomic E-state index is 0.130. The maximum absolute atomic E-state index is 5.79. The zero-order valence-electron chi connectivity index (χ0n) is 12.3. The molecule has 2 rings (SSSR count). The molecule has 108 valence electrons. The minimum Gasteiger partial charge on any atom is -0.377 e. The summed E-state index contributed by atoms with van der Waals surface area (Å²) in [6.45, 7) is 4.87. The largest absolute Gasteiger partial charge is 0.377 e. The van der Waals surface area contributed by atoms with Gasteiger partial charge in [-0.1, -0.05) is 49.4 Å². The van der Waals surface area contributed by atoms with E-state index in [9.17, 15) is 0 Å². The predicted octanol–water partition coefficient (Wildman–Crippen LogP) is 3.03. The van der Waals surface area contributed by atoms with Gasteiger partial charge in [-0.05, 0) is 36.1 Å². The highest BCUT2D eigenvalue weighted by atomic mass is 16.5. The molecular weight excluding hydrogens is 248 g/mol. The number of fused-ring (bicyclic) bond motifs is 1. The fourth-order valence-corrected chi connectivity index (χ4v) is 2.74. The van der Waals surface area contributed by atoms with Crippen LogP contribution in [-0.4, -0.2) is 18.8 Å².